The van der Waals surface area contributed by atoms with E-state index in [1.807, 2.05) is 36.6 Å². The third kappa shape index (κ3) is 2.81. The van der Waals surface area contributed by atoms with Crippen molar-refractivity contribution in [2.24, 2.45) is 5.73 Å². The summed E-state index contributed by atoms with van der Waals surface area (Å²) in [5.74, 6) is 0.450. The summed E-state index contributed by atoms with van der Waals surface area (Å²) in [4.78, 5) is 4.28. The van der Waals surface area contributed by atoms with Gasteiger partial charge in [-0.15, -0.1) is 11.8 Å². The van der Waals surface area contributed by atoms with Gasteiger partial charge in [-0.1, -0.05) is 6.07 Å². The lowest BCUT2D eigenvalue weighted by molar-refractivity contribution is 1.32. The molecule has 0 unspecified atom stereocenters. The van der Waals surface area contributed by atoms with Crippen molar-refractivity contribution < 1.29 is 0 Å². The average molecular weight is 258 g/mol. The van der Waals surface area contributed by atoms with Crippen LogP contribution in [0.5, 0.6) is 0 Å². The zero-order valence-electron chi connectivity index (χ0n) is 9.97. The highest BCUT2D eigenvalue weighted by molar-refractivity contribution is 8.13. The molecule has 0 aliphatic carbocycles. The summed E-state index contributed by atoms with van der Waals surface area (Å²) in [6, 6.07) is 9.68. The van der Waals surface area contributed by atoms with Crippen molar-refractivity contribution in [1.29, 1.82) is 5.41 Å². The van der Waals surface area contributed by atoms with Crippen LogP contribution in [0.1, 0.15) is 0 Å². The van der Waals surface area contributed by atoms with Crippen LogP contribution in [-0.2, 0) is 0 Å². The monoisotopic (exact) mass is 258 g/mol. The van der Waals surface area contributed by atoms with E-state index in [0.29, 0.717) is 10.9 Å². The lowest BCUT2D eigenvalue weighted by Crippen LogP contribution is -2.10. The second kappa shape index (κ2) is 5.55. The van der Waals surface area contributed by atoms with Crippen LogP contribution < -0.4 is 11.1 Å². The maximum atomic E-state index is 7.55. The summed E-state index contributed by atoms with van der Waals surface area (Å²) in [5.41, 5.74) is 7.65. The van der Waals surface area contributed by atoms with Crippen molar-refractivity contribution in [2.75, 3.05) is 11.6 Å². The van der Waals surface area contributed by atoms with E-state index in [2.05, 4.69) is 10.3 Å². The quantitative estimate of drug-likeness (QED) is 0.584. The van der Waals surface area contributed by atoms with Gasteiger partial charge in [-0.05, 0) is 30.5 Å². The SMILES string of the molecule is CSC(=N)/C=C(/N)Nc1cccc2ncccc12. The van der Waals surface area contributed by atoms with Gasteiger partial charge < -0.3 is 11.1 Å². The van der Waals surface area contributed by atoms with Crippen LogP contribution in [-0.4, -0.2) is 16.3 Å². The molecule has 1 heterocycles. The molecule has 0 fully saturated rings. The predicted octanol–water partition coefficient (Wildman–Crippen LogP) is 2.79. The first kappa shape index (κ1) is 12.4. The van der Waals surface area contributed by atoms with E-state index in [4.69, 9.17) is 11.1 Å². The molecule has 5 heteroatoms. The van der Waals surface area contributed by atoms with Gasteiger partial charge in [0.15, 0.2) is 0 Å². The lowest BCUT2D eigenvalue weighted by atomic mass is 10.2. The van der Waals surface area contributed by atoms with Crippen LogP contribution in [0.15, 0.2) is 48.4 Å². The number of benzene rings is 1. The smallest absolute Gasteiger partial charge is 0.103 e. The van der Waals surface area contributed by atoms with E-state index < -0.39 is 0 Å². The first-order valence-corrected chi connectivity index (χ1v) is 6.63. The van der Waals surface area contributed by atoms with Crippen LogP contribution in [0.4, 0.5) is 5.69 Å². The fraction of sp³-hybridized carbons (Fsp3) is 0.0769. The zero-order valence-corrected chi connectivity index (χ0v) is 10.8. The van der Waals surface area contributed by atoms with Crippen molar-refractivity contribution in [2.45, 2.75) is 0 Å². The Kier molecular flexibility index (Phi) is 3.84. The number of aromatic nitrogens is 1. The number of hydrogen-bond donors (Lipinski definition) is 3. The Balaban J connectivity index is 2.32. The van der Waals surface area contributed by atoms with E-state index >= 15 is 0 Å². The number of anilines is 1. The minimum Gasteiger partial charge on any atom is -0.385 e. The molecule has 1 aromatic carbocycles. The fourth-order valence-electron chi connectivity index (χ4n) is 1.60. The average Bonchev–Trinajstić information content (AvgIpc) is 2.39. The Hall–Kier alpha value is -2.01. The van der Waals surface area contributed by atoms with E-state index in [1.165, 1.54) is 11.8 Å². The van der Waals surface area contributed by atoms with Gasteiger partial charge in [-0.3, -0.25) is 10.4 Å². The number of rotatable bonds is 3. The number of thioether (sulfide) groups is 1. The maximum Gasteiger partial charge on any atom is 0.103 e. The highest BCUT2D eigenvalue weighted by Gasteiger charge is 2.01. The van der Waals surface area contributed by atoms with Gasteiger partial charge in [0.1, 0.15) is 5.82 Å². The fourth-order valence-corrected chi connectivity index (χ4v) is 1.85. The van der Waals surface area contributed by atoms with E-state index in [1.54, 1.807) is 12.3 Å². The molecule has 0 saturated heterocycles. The Morgan fingerprint density at radius 1 is 1.39 bits per heavy atom. The molecule has 0 radical (unpaired) electrons. The summed E-state index contributed by atoms with van der Waals surface area (Å²) in [5, 5.41) is 12.1. The summed E-state index contributed by atoms with van der Waals surface area (Å²) in [7, 11) is 0. The Morgan fingerprint density at radius 3 is 3.00 bits per heavy atom. The van der Waals surface area contributed by atoms with Gasteiger partial charge in [0, 0.05) is 23.3 Å². The molecule has 2 rings (SSSR count). The molecule has 4 N–H and O–H groups in total. The molecule has 0 spiro atoms. The van der Waals surface area contributed by atoms with E-state index in [0.717, 1.165) is 16.6 Å². The molecule has 18 heavy (non-hydrogen) atoms. The van der Waals surface area contributed by atoms with Crippen molar-refractivity contribution in [1.82, 2.24) is 4.98 Å². The van der Waals surface area contributed by atoms with Crippen LogP contribution in [0, 0.1) is 5.41 Å². The molecule has 2 aromatic rings. The second-order valence-corrected chi connectivity index (χ2v) is 4.52. The summed E-state index contributed by atoms with van der Waals surface area (Å²) in [6.07, 6.45) is 5.20. The molecule has 0 aliphatic heterocycles. The van der Waals surface area contributed by atoms with Gasteiger partial charge in [-0.2, -0.15) is 0 Å². The van der Waals surface area contributed by atoms with Crippen LogP contribution in [0.25, 0.3) is 10.9 Å². The molecular formula is C13H14N4S. The number of fused-ring (bicyclic) bond motifs is 1. The van der Waals surface area contributed by atoms with Crippen molar-refractivity contribution in [3.8, 4) is 0 Å². The minimum atomic E-state index is 0.415. The molecule has 0 bridgehead atoms. The standard InChI is InChI=1S/C13H14N4S/c1-18-13(15)8-12(14)17-11-6-2-5-10-9(11)4-3-7-16-10/h2-8,15,17H,14H2,1H3/b12-8-,15-13?. The number of nitrogens with one attached hydrogen (secondary N) is 2. The van der Waals surface area contributed by atoms with Crippen molar-refractivity contribution in [3.05, 3.63) is 48.4 Å². The highest BCUT2D eigenvalue weighted by Crippen LogP contribution is 2.21. The van der Waals surface area contributed by atoms with Gasteiger partial charge in [0.2, 0.25) is 0 Å². The number of pyridine rings is 1. The van der Waals surface area contributed by atoms with E-state index in [-0.39, 0.29) is 0 Å². The Labute approximate surface area is 110 Å². The molecule has 4 nitrogen and oxygen atoms in total. The maximum absolute atomic E-state index is 7.55. The molecule has 92 valence electrons. The Bertz CT molecular complexity index is 601. The van der Waals surface area contributed by atoms with Crippen LogP contribution >= 0.6 is 11.8 Å². The van der Waals surface area contributed by atoms with Gasteiger partial charge >= 0.3 is 0 Å². The predicted molar refractivity (Wildman–Crippen MR) is 78.9 cm³/mol. The highest BCUT2D eigenvalue weighted by atomic mass is 32.2. The molecule has 0 amide bonds. The number of nitrogens with two attached hydrogens (primary N) is 1. The van der Waals surface area contributed by atoms with Crippen LogP contribution in [0.2, 0.25) is 0 Å². The first-order chi connectivity index (χ1) is 8.70. The third-order valence-electron chi connectivity index (χ3n) is 2.43. The lowest BCUT2D eigenvalue weighted by Gasteiger charge is -2.09. The van der Waals surface area contributed by atoms with Gasteiger partial charge in [-0.25, -0.2) is 0 Å². The van der Waals surface area contributed by atoms with Gasteiger partial charge in [0.05, 0.1) is 10.6 Å². The van der Waals surface area contributed by atoms with Crippen molar-refractivity contribution in [3.63, 3.8) is 0 Å². The molecule has 1 aromatic heterocycles. The Morgan fingerprint density at radius 2 is 2.22 bits per heavy atom. The van der Waals surface area contributed by atoms with E-state index in [9.17, 15) is 0 Å². The number of hydrogen-bond acceptors (Lipinski definition) is 5. The summed E-state index contributed by atoms with van der Waals surface area (Å²) >= 11 is 1.34. The molecule has 0 aliphatic rings. The molecule has 0 atom stereocenters. The second-order valence-electron chi connectivity index (χ2n) is 3.67. The molecule has 0 saturated carbocycles. The summed E-state index contributed by atoms with van der Waals surface area (Å²) in [6.45, 7) is 0. The zero-order chi connectivity index (χ0) is 13.0. The minimum absolute atomic E-state index is 0.415. The normalized spacial score (nSPS) is 11.5. The summed E-state index contributed by atoms with van der Waals surface area (Å²) < 4.78 is 0. The van der Waals surface area contributed by atoms with Crippen LogP contribution in [0.3, 0.4) is 0 Å². The van der Waals surface area contributed by atoms with Gasteiger partial charge in [0.25, 0.3) is 0 Å². The number of nitrogens with zero attached hydrogens (tertiary/aromatic N) is 1. The third-order valence-corrected chi connectivity index (χ3v) is 2.99. The topological polar surface area (TPSA) is 74.8 Å². The van der Waals surface area contributed by atoms with Crippen molar-refractivity contribution >= 4 is 33.4 Å². The molecular weight excluding hydrogens is 244 g/mol. The first-order valence-electron chi connectivity index (χ1n) is 5.41. The largest absolute Gasteiger partial charge is 0.385 e.